The molecule has 4 aromatic carbocycles. The van der Waals surface area contributed by atoms with Gasteiger partial charge >= 0.3 is 5.97 Å². The number of aromatic nitrogens is 1. The first-order valence-corrected chi connectivity index (χ1v) is 14.9. The molecule has 8 heteroatoms. The zero-order valence-electron chi connectivity index (χ0n) is 26.7. The van der Waals surface area contributed by atoms with Crippen molar-refractivity contribution in [1.82, 2.24) is 4.98 Å². The molecule has 44 heavy (non-hydrogen) atoms. The van der Waals surface area contributed by atoms with Crippen molar-refractivity contribution in [3.05, 3.63) is 114 Å². The number of aromatic hydroxyl groups is 1. The van der Waals surface area contributed by atoms with Crippen LogP contribution in [0.1, 0.15) is 86.5 Å². The molecule has 0 unspecified atom stereocenters. The number of carboxylic acids is 1. The number of rotatable bonds is 3. The van der Waals surface area contributed by atoms with Crippen LogP contribution in [0.3, 0.4) is 0 Å². The number of phenolic OH excluding ortho intramolecular Hbond substituents is 1. The predicted molar refractivity (Wildman–Crippen MR) is 177 cm³/mol. The minimum atomic E-state index is -0.993. The van der Waals surface area contributed by atoms with Gasteiger partial charge < -0.3 is 14.6 Å². The van der Waals surface area contributed by atoms with Gasteiger partial charge in [-0.1, -0.05) is 104 Å². The highest BCUT2D eigenvalue weighted by Crippen LogP contribution is 2.33. The predicted octanol–water partition coefficient (Wildman–Crippen LogP) is 9.49. The standard InChI is InChI=1S/2C14H9NO3.4C2H6/c16-14(17)10-6-2-1-5-9(10)13-15-11-7-3-4-8-12(11)18-13;16-12-8-4-3-7-11(12)15-13(17)9-5-1-2-6-10(9)14(15)18;4*1-2/h1-8H,(H,16,17);1-8,16H;4*1-2H3. The van der Waals surface area contributed by atoms with Gasteiger partial charge in [0.05, 0.1) is 27.9 Å². The van der Waals surface area contributed by atoms with E-state index in [4.69, 9.17) is 9.52 Å². The molecule has 0 radical (unpaired) electrons. The van der Waals surface area contributed by atoms with Gasteiger partial charge in [-0.15, -0.1) is 0 Å². The molecule has 2 heterocycles. The van der Waals surface area contributed by atoms with Crippen LogP contribution >= 0.6 is 0 Å². The summed E-state index contributed by atoms with van der Waals surface area (Å²) in [5.74, 6) is -1.57. The third-order valence-electron chi connectivity index (χ3n) is 5.60. The Morgan fingerprint density at radius 3 is 1.61 bits per heavy atom. The molecule has 0 saturated heterocycles. The summed E-state index contributed by atoms with van der Waals surface area (Å²) >= 11 is 0. The first-order valence-electron chi connectivity index (χ1n) is 14.9. The summed E-state index contributed by atoms with van der Waals surface area (Å²) in [7, 11) is 0. The lowest BCUT2D eigenvalue weighted by Crippen LogP contribution is -2.29. The van der Waals surface area contributed by atoms with Crippen molar-refractivity contribution < 1.29 is 29.0 Å². The fourth-order valence-electron chi connectivity index (χ4n) is 3.90. The Morgan fingerprint density at radius 2 is 1.09 bits per heavy atom. The summed E-state index contributed by atoms with van der Waals surface area (Å²) in [6, 6.07) is 26.9. The van der Waals surface area contributed by atoms with Crippen LogP contribution in [-0.4, -0.2) is 33.0 Å². The molecular weight excluding hydrogens is 556 g/mol. The van der Waals surface area contributed by atoms with Crippen molar-refractivity contribution in [2.24, 2.45) is 0 Å². The second-order valence-electron chi connectivity index (χ2n) is 7.82. The van der Waals surface area contributed by atoms with E-state index in [0.29, 0.717) is 33.7 Å². The number of fused-ring (bicyclic) bond motifs is 2. The van der Waals surface area contributed by atoms with Crippen LogP contribution in [0.4, 0.5) is 5.69 Å². The highest BCUT2D eigenvalue weighted by molar-refractivity contribution is 6.34. The second-order valence-corrected chi connectivity index (χ2v) is 7.82. The normalized spacial score (nSPS) is 10.6. The largest absolute Gasteiger partial charge is 0.506 e. The number of para-hydroxylation sites is 4. The molecule has 5 aromatic rings. The van der Waals surface area contributed by atoms with Gasteiger partial charge in [0.25, 0.3) is 11.8 Å². The number of carboxylic acid groups (broad SMARTS) is 1. The van der Waals surface area contributed by atoms with E-state index in [1.54, 1.807) is 60.7 Å². The van der Waals surface area contributed by atoms with Gasteiger partial charge in [-0.3, -0.25) is 9.59 Å². The van der Waals surface area contributed by atoms with Gasteiger partial charge in [0.1, 0.15) is 11.3 Å². The lowest BCUT2D eigenvalue weighted by atomic mass is 10.1. The summed E-state index contributed by atoms with van der Waals surface area (Å²) < 4.78 is 5.57. The molecule has 0 spiro atoms. The lowest BCUT2D eigenvalue weighted by molar-refractivity contribution is 0.0696. The number of benzene rings is 4. The van der Waals surface area contributed by atoms with Crippen molar-refractivity contribution in [2.45, 2.75) is 55.4 Å². The summed E-state index contributed by atoms with van der Waals surface area (Å²) in [6.45, 7) is 16.0. The Balaban J connectivity index is 0.000000359. The minimum absolute atomic E-state index is 0.0907. The van der Waals surface area contributed by atoms with Crippen molar-refractivity contribution in [1.29, 1.82) is 0 Å². The maximum absolute atomic E-state index is 12.2. The Morgan fingerprint density at radius 1 is 0.636 bits per heavy atom. The van der Waals surface area contributed by atoms with Gasteiger partial charge in [0, 0.05) is 0 Å². The van der Waals surface area contributed by atoms with Crippen LogP contribution in [0, 0.1) is 0 Å². The van der Waals surface area contributed by atoms with E-state index in [9.17, 15) is 19.5 Å². The van der Waals surface area contributed by atoms with Crippen LogP contribution in [-0.2, 0) is 0 Å². The molecule has 8 nitrogen and oxygen atoms in total. The van der Waals surface area contributed by atoms with Crippen LogP contribution in [0.5, 0.6) is 5.75 Å². The van der Waals surface area contributed by atoms with Crippen molar-refractivity contribution in [2.75, 3.05) is 4.90 Å². The van der Waals surface area contributed by atoms with E-state index in [-0.39, 0.29) is 17.0 Å². The number of nitrogens with zero attached hydrogens (tertiary/aromatic N) is 2. The number of hydrogen-bond acceptors (Lipinski definition) is 6. The molecule has 0 saturated carbocycles. The van der Waals surface area contributed by atoms with Crippen molar-refractivity contribution >= 4 is 34.6 Å². The zero-order valence-corrected chi connectivity index (χ0v) is 26.7. The number of carbonyl (C=O) groups is 3. The highest BCUT2D eigenvalue weighted by atomic mass is 16.4. The van der Waals surface area contributed by atoms with Crippen molar-refractivity contribution in [3.63, 3.8) is 0 Å². The molecular formula is C36H42N2O6. The van der Waals surface area contributed by atoms with Crippen LogP contribution in [0.2, 0.25) is 0 Å². The average Bonchev–Trinajstić information content (AvgIpc) is 3.64. The second kappa shape index (κ2) is 19.0. The number of phenols is 1. The van der Waals surface area contributed by atoms with Crippen molar-refractivity contribution in [3.8, 4) is 17.2 Å². The van der Waals surface area contributed by atoms with Gasteiger partial charge in [0.2, 0.25) is 5.89 Å². The molecule has 232 valence electrons. The lowest BCUT2D eigenvalue weighted by Gasteiger charge is -2.14. The average molecular weight is 599 g/mol. The molecule has 0 aliphatic carbocycles. The third-order valence-corrected chi connectivity index (χ3v) is 5.60. The van der Waals surface area contributed by atoms with E-state index < -0.39 is 17.8 Å². The summed E-state index contributed by atoms with van der Waals surface area (Å²) in [4.78, 5) is 40.7. The first kappa shape index (κ1) is 36.8. The number of anilines is 1. The van der Waals surface area contributed by atoms with Crippen LogP contribution in [0.15, 0.2) is 101 Å². The number of carbonyl (C=O) groups excluding carboxylic acids is 2. The Hall–Kier alpha value is -5.24. The minimum Gasteiger partial charge on any atom is -0.506 e. The topological polar surface area (TPSA) is 121 Å². The SMILES string of the molecule is CC.CC.CC.CC.O=C(O)c1ccccc1-c1nc2ccccc2o1.O=C1c2ccccc2C(=O)N1c1ccccc1O. The zero-order chi connectivity index (χ0) is 33.2. The molecule has 1 aliphatic heterocycles. The fourth-order valence-corrected chi connectivity index (χ4v) is 3.90. The maximum Gasteiger partial charge on any atom is 0.336 e. The van der Waals surface area contributed by atoms with E-state index in [1.807, 2.05) is 73.6 Å². The Kier molecular flexibility index (Phi) is 15.9. The van der Waals surface area contributed by atoms with Gasteiger partial charge in [0.15, 0.2) is 5.58 Å². The molecule has 2 amide bonds. The molecule has 1 aromatic heterocycles. The third kappa shape index (κ3) is 8.41. The Labute approximate surface area is 259 Å². The number of aromatic carboxylic acids is 1. The van der Waals surface area contributed by atoms with Gasteiger partial charge in [-0.05, 0) is 48.5 Å². The number of imide groups is 1. The van der Waals surface area contributed by atoms with Gasteiger partial charge in [-0.25, -0.2) is 14.7 Å². The molecule has 0 bridgehead atoms. The van der Waals surface area contributed by atoms with E-state index >= 15 is 0 Å². The first-order chi connectivity index (χ1) is 21.5. The summed E-state index contributed by atoms with van der Waals surface area (Å²) in [6.07, 6.45) is 0. The fraction of sp³-hybridized carbons (Fsp3) is 0.222. The van der Waals surface area contributed by atoms with Gasteiger partial charge in [-0.2, -0.15) is 0 Å². The van der Waals surface area contributed by atoms with E-state index in [0.717, 1.165) is 4.90 Å². The molecule has 0 atom stereocenters. The van der Waals surface area contributed by atoms with E-state index in [1.165, 1.54) is 18.2 Å². The molecule has 0 fully saturated rings. The van der Waals surface area contributed by atoms with Crippen LogP contribution in [0.25, 0.3) is 22.6 Å². The summed E-state index contributed by atoms with van der Waals surface area (Å²) in [5, 5.41) is 18.9. The number of oxazole rings is 1. The van der Waals surface area contributed by atoms with E-state index in [2.05, 4.69) is 4.98 Å². The summed E-state index contributed by atoms with van der Waals surface area (Å²) in [5.41, 5.74) is 2.98. The smallest absolute Gasteiger partial charge is 0.336 e. The maximum atomic E-state index is 12.2. The quantitative estimate of drug-likeness (QED) is 0.198. The number of amides is 2. The molecule has 6 rings (SSSR count). The Bertz CT molecular complexity index is 1570. The molecule has 1 aliphatic rings. The highest BCUT2D eigenvalue weighted by Gasteiger charge is 2.37. The molecule has 2 N–H and O–H groups in total. The number of hydrogen-bond donors (Lipinski definition) is 2. The van der Waals surface area contributed by atoms with Crippen LogP contribution < -0.4 is 4.90 Å². The monoisotopic (exact) mass is 598 g/mol.